The number of hydrogen-bond donors (Lipinski definition) is 1. The maximum absolute atomic E-state index is 14.2. The quantitative estimate of drug-likeness (QED) is 0.223. The molecular weight excluding hydrogens is 641 g/mol. The van der Waals surface area contributed by atoms with Crippen LogP contribution in [0.5, 0.6) is 0 Å². The number of methoxy groups -OCH3 is 1. The minimum absolute atomic E-state index is 0.0120. The molecule has 1 fully saturated rings. The van der Waals surface area contributed by atoms with Crippen molar-refractivity contribution < 1.29 is 23.9 Å². The number of aromatic nitrogens is 1. The largest absolute Gasteiger partial charge is 0.379 e. The minimum Gasteiger partial charge on any atom is -0.379 e. The van der Waals surface area contributed by atoms with Crippen LogP contribution in [0, 0.1) is 17.8 Å². The fraction of sp³-hybridized carbons (Fsp3) is 0.757. The predicted octanol–water partition coefficient (Wildman–Crippen LogP) is 4.55. The number of carbonyl (C=O) groups excluding carboxylic acids is 4. The van der Waals surface area contributed by atoms with Gasteiger partial charge in [0.1, 0.15) is 6.04 Å². The Labute approximate surface area is 300 Å². The van der Waals surface area contributed by atoms with Gasteiger partial charge in [0.05, 0.1) is 36.5 Å². The average Bonchev–Trinajstić information content (AvgIpc) is 3.55. The van der Waals surface area contributed by atoms with Gasteiger partial charge in [0.25, 0.3) is 0 Å². The van der Waals surface area contributed by atoms with E-state index in [1.165, 1.54) is 0 Å². The summed E-state index contributed by atoms with van der Waals surface area (Å²) in [5.41, 5.74) is 0.767. The topological polar surface area (TPSA) is 115 Å². The number of carbonyl (C=O) groups is 4. The highest BCUT2D eigenvalue weighted by Gasteiger charge is 2.41. The van der Waals surface area contributed by atoms with Crippen molar-refractivity contribution in [3.05, 3.63) is 24.5 Å². The van der Waals surface area contributed by atoms with E-state index in [2.05, 4.69) is 24.1 Å². The van der Waals surface area contributed by atoms with Crippen LogP contribution in [-0.2, 0) is 23.9 Å². The zero-order valence-corrected chi connectivity index (χ0v) is 33.0. The average molecular weight is 705 g/mol. The van der Waals surface area contributed by atoms with Crippen molar-refractivity contribution in [1.82, 2.24) is 25.0 Å². The molecule has 1 aromatic heterocycles. The summed E-state index contributed by atoms with van der Waals surface area (Å²) < 4.78 is 6.03. The van der Waals surface area contributed by atoms with Gasteiger partial charge in [0, 0.05) is 51.2 Å². The van der Waals surface area contributed by atoms with Crippen molar-refractivity contribution in [3.8, 4) is 0 Å². The van der Waals surface area contributed by atoms with E-state index in [4.69, 9.17) is 4.74 Å². The molecule has 0 spiro atoms. The van der Waals surface area contributed by atoms with Crippen molar-refractivity contribution >= 4 is 41.1 Å². The molecule has 2 heterocycles. The van der Waals surface area contributed by atoms with Crippen LogP contribution in [0.2, 0.25) is 0 Å². The van der Waals surface area contributed by atoms with E-state index in [0.717, 1.165) is 24.9 Å². The Morgan fingerprint density at radius 2 is 1.73 bits per heavy atom. The molecule has 4 amide bonds. The Morgan fingerprint density at radius 1 is 1.06 bits per heavy atom. The van der Waals surface area contributed by atoms with Crippen LogP contribution in [0.3, 0.4) is 0 Å². The first kappa shape index (κ1) is 42.5. The number of thioether (sulfide) groups is 1. The van der Waals surface area contributed by atoms with E-state index in [0.29, 0.717) is 19.5 Å². The molecule has 7 atom stereocenters. The monoisotopic (exact) mass is 704 g/mol. The van der Waals surface area contributed by atoms with Gasteiger partial charge in [0.15, 0.2) is 0 Å². The molecule has 1 saturated heterocycles. The second-order valence-corrected chi connectivity index (χ2v) is 15.4. The summed E-state index contributed by atoms with van der Waals surface area (Å²) in [4.78, 5) is 66.6. The van der Waals surface area contributed by atoms with Gasteiger partial charge in [-0.2, -0.15) is 11.8 Å². The van der Waals surface area contributed by atoms with Gasteiger partial charge in [-0.1, -0.05) is 48.0 Å². The molecule has 0 saturated carbocycles. The maximum Gasteiger partial charge on any atom is 0.245 e. The first-order valence-corrected chi connectivity index (χ1v) is 19.2. The number of nitrogens with one attached hydrogen (secondary N) is 1. The maximum atomic E-state index is 14.2. The lowest BCUT2D eigenvalue weighted by Gasteiger charge is -2.41. The fourth-order valence-electron chi connectivity index (χ4n) is 7.29. The van der Waals surface area contributed by atoms with Gasteiger partial charge in [-0.05, 0) is 70.0 Å². The van der Waals surface area contributed by atoms with Gasteiger partial charge < -0.3 is 24.8 Å². The molecule has 12 heteroatoms. The van der Waals surface area contributed by atoms with Crippen LogP contribution in [0.1, 0.15) is 80.6 Å². The number of likely N-dealkylation sites (N-methyl/N-ethyl adjacent to an activating group) is 2. The molecule has 1 aliphatic heterocycles. The predicted molar refractivity (Wildman–Crippen MR) is 199 cm³/mol. The number of ether oxygens (including phenoxy) is 1. The van der Waals surface area contributed by atoms with Crippen LogP contribution < -0.4 is 10.2 Å². The molecule has 0 bridgehead atoms. The molecule has 278 valence electrons. The standard InChI is InChI=1S/C37H64N6O5S/c1-13-26(7)35(41(10)37(47)33(24(3)4)39-36(46)34(25(5)6)40(8)9)29(48-11)21-31(44)43-20-16-18-28(43)30(49-12)22-32(45)42(14-2)27-17-15-19-38-23-27/h15,17,19,23-26,28-30,33-35H,13-14,16,18,20-22H2,1-12H3,(H,39,46). The van der Waals surface area contributed by atoms with E-state index < -0.39 is 18.2 Å². The molecular formula is C37H64N6O5S. The normalized spacial score (nSPS) is 18.6. The summed E-state index contributed by atoms with van der Waals surface area (Å²) in [5.74, 6) is -0.447. The van der Waals surface area contributed by atoms with Gasteiger partial charge in [-0.15, -0.1) is 0 Å². The molecule has 2 rings (SSSR count). The summed E-state index contributed by atoms with van der Waals surface area (Å²) in [7, 11) is 7.10. The highest BCUT2D eigenvalue weighted by Crippen LogP contribution is 2.32. The summed E-state index contributed by atoms with van der Waals surface area (Å²) in [5, 5.41) is 2.99. The first-order chi connectivity index (χ1) is 23.1. The third-order valence-electron chi connectivity index (χ3n) is 10.1. The molecule has 7 unspecified atom stereocenters. The minimum atomic E-state index is -0.726. The first-order valence-electron chi connectivity index (χ1n) is 17.9. The number of hydrogen-bond acceptors (Lipinski definition) is 8. The lowest BCUT2D eigenvalue weighted by Crippen LogP contribution is -2.59. The summed E-state index contributed by atoms with van der Waals surface area (Å²) in [6, 6.07) is 2.14. The van der Waals surface area contributed by atoms with Gasteiger partial charge in [-0.25, -0.2) is 0 Å². The summed E-state index contributed by atoms with van der Waals surface area (Å²) in [6.07, 6.45) is 7.73. The fourth-order valence-corrected chi connectivity index (χ4v) is 8.19. The number of anilines is 1. The number of nitrogens with zero attached hydrogens (tertiary/aromatic N) is 5. The second kappa shape index (κ2) is 20.2. The van der Waals surface area contributed by atoms with Crippen LogP contribution >= 0.6 is 11.8 Å². The highest BCUT2D eigenvalue weighted by atomic mass is 32.2. The number of amides is 4. The van der Waals surface area contributed by atoms with Crippen LogP contribution in [-0.4, -0.2) is 126 Å². The lowest BCUT2D eigenvalue weighted by atomic mass is 9.89. The van der Waals surface area contributed by atoms with Crippen molar-refractivity contribution in [2.75, 3.05) is 52.5 Å². The van der Waals surface area contributed by atoms with E-state index in [1.54, 1.807) is 48.1 Å². The number of pyridine rings is 1. The third-order valence-corrected chi connectivity index (χ3v) is 11.2. The molecule has 11 nitrogen and oxygen atoms in total. The van der Waals surface area contributed by atoms with E-state index in [-0.39, 0.29) is 65.1 Å². The smallest absolute Gasteiger partial charge is 0.245 e. The second-order valence-electron chi connectivity index (χ2n) is 14.3. The van der Waals surface area contributed by atoms with Crippen molar-refractivity contribution in [2.45, 2.75) is 116 Å². The van der Waals surface area contributed by atoms with E-state index in [9.17, 15) is 19.2 Å². The molecule has 49 heavy (non-hydrogen) atoms. The van der Waals surface area contributed by atoms with E-state index >= 15 is 0 Å². The van der Waals surface area contributed by atoms with Gasteiger partial charge in [0.2, 0.25) is 23.6 Å². The Balaban J connectivity index is 2.27. The zero-order chi connectivity index (χ0) is 37.0. The van der Waals surface area contributed by atoms with Crippen LogP contribution in [0.15, 0.2) is 24.5 Å². The molecule has 0 radical (unpaired) electrons. The number of likely N-dealkylation sites (tertiary alicyclic amines) is 1. The molecule has 1 aromatic rings. The highest BCUT2D eigenvalue weighted by molar-refractivity contribution is 7.99. The summed E-state index contributed by atoms with van der Waals surface area (Å²) in [6.45, 7) is 15.1. The molecule has 1 N–H and O–H groups in total. The SMILES string of the molecule is CCC(C)C(C(CC(=O)N1CCCC1C(CC(=O)N(CC)c1cccnc1)SC)OC)N(C)C(=O)C(NC(=O)C(C(C)C)N(C)C)C(C)C. The van der Waals surface area contributed by atoms with Crippen molar-refractivity contribution in [1.29, 1.82) is 0 Å². The molecule has 0 aromatic carbocycles. The van der Waals surface area contributed by atoms with Crippen LogP contribution in [0.25, 0.3) is 0 Å². The van der Waals surface area contributed by atoms with Gasteiger partial charge >= 0.3 is 0 Å². The van der Waals surface area contributed by atoms with E-state index in [1.807, 2.05) is 76.9 Å². The Kier molecular flexibility index (Phi) is 17.5. The molecule has 0 aliphatic carbocycles. The van der Waals surface area contributed by atoms with Crippen molar-refractivity contribution in [3.63, 3.8) is 0 Å². The Morgan fingerprint density at radius 3 is 2.22 bits per heavy atom. The lowest BCUT2D eigenvalue weighted by molar-refractivity contribution is -0.146. The third kappa shape index (κ3) is 11.1. The zero-order valence-electron chi connectivity index (χ0n) is 32.1. The van der Waals surface area contributed by atoms with Crippen LogP contribution in [0.4, 0.5) is 5.69 Å². The Hall–Kier alpha value is -2.70. The Bertz CT molecular complexity index is 1190. The van der Waals surface area contributed by atoms with Crippen molar-refractivity contribution in [2.24, 2.45) is 17.8 Å². The van der Waals surface area contributed by atoms with Gasteiger partial charge in [-0.3, -0.25) is 29.1 Å². The summed E-state index contributed by atoms with van der Waals surface area (Å²) >= 11 is 1.63. The molecule has 1 aliphatic rings. The number of rotatable bonds is 19.